The van der Waals surface area contributed by atoms with E-state index in [1.165, 1.54) is 6.07 Å². The molecule has 1 aliphatic rings. The van der Waals surface area contributed by atoms with Crippen molar-refractivity contribution in [2.45, 2.75) is 25.8 Å². The first-order valence-electron chi connectivity index (χ1n) is 10.2. The number of nitro groups is 1. The van der Waals surface area contributed by atoms with Crippen LogP contribution in [0.4, 0.5) is 5.69 Å². The molecule has 1 aliphatic heterocycles. The topological polar surface area (TPSA) is 106 Å². The van der Waals surface area contributed by atoms with Gasteiger partial charge in [-0.25, -0.2) is 0 Å². The molecule has 3 heterocycles. The Balaban J connectivity index is 1.19. The number of nitro benzene ring substituents is 1. The van der Waals surface area contributed by atoms with Crippen LogP contribution in [0.1, 0.15) is 24.3 Å². The van der Waals surface area contributed by atoms with Gasteiger partial charge in [0.15, 0.2) is 0 Å². The van der Waals surface area contributed by atoms with Gasteiger partial charge >= 0.3 is 0 Å². The molecule has 31 heavy (non-hydrogen) atoms. The lowest BCUT2D eigenvalue weighted by Gasteiger charge is -2.34. The minimum absolute atomic E-state index is 0.107. The van der Waals surface area contributed by atoms with E-state index in [0.29, 0.717) is 50.6 Å². The Labute approximate surface area is 183 Å². The molecule has 9 nitrogen and oxygen atoms in total. The zero-order chi connectivity index (χ0) is 21.6. The lowest BCUT2D eigenvalue weighted by atomic mass is 10.1. The maximum absolute atomic E-state index is 12.5. The fourth-order valence-corrected chi connectivity index (χ4v) is 4.24. The first-order chi connectivity index (χ1) is 15.1. The normalized spacial score (nSPS) is 14.6. The lowest BCUT2D eigenvalue weighted by Crippen LogP contribution is -2.48. The zero-order valence-corrected chi connectivity index (χ0v) is 17.8. The fraction of sp³-hybridized carbons (Fsp3) is 0.381. The summed E-state index contributed by atoms with van der Waals surface area (Å²) in [6.07, 6.45) is 1.69. The molecule has 0 spiro atoms. The third-order valence-electron chi connectivity index (χ3n) is 5.24. The van der Waals surface area contributed by atoms with Crippen molar-refractivity contribution >= 4 is 22.9 Å². The van der Waals surface area contributed by atoms with E-state index in [4.69, 9.17) is 4.52 Å². The van der Waals surface area contributed by atoms with Crippen molar-refractivity contribution in [2.24, 2.45) is 0 Å². The number of aryl methyl sites for hydroxylation is 1. The number of rotatable bonds is 8. The van der Waals surface area contributed by atoms with Crippen LogP contribution in [0.2, 0.25) is 0 Å². The number of carbonyl (C=O) groups is 1. The molecule has 4 rings (SSSR count). The Morgan fingerprint density at radius 3 is 2.77 bits per heavy atom. The number of carbonyl (C=O) groups excluding carboxylic acids is 1. The van der Waals surface area contributed by atoms with Crippen molar-refractivity contribution in [3.8, 4) is 10.7 Å². The smallest absolute Gasteiger partial charge is 0.269 e. The molecular formula is C21H23N5O4S. The SMILES string of the molecule is O=C(CCCc1nc(-c2cccs2)no1)N1CCN(Cc2cccc([N+](=O)[O-])c2)CC1. The first-order valence-corrected chi connectivity index (χ1v) is 11.1. The number of thiophene rings is 1. The highest BCUT2D eigenvalue weighted by molar-refractivity contribution is 7.13. The summed E-state index contributed by atoms with van der Waals surface area (Å²) < 4.78 is 5.28. The molecule has 0 atom stereocenters. The van der Waals surface area contributed by atoms with Gasteiger partial charge in [0, 0.05) is 57.7 Å². The van der Waals surface area contributed by atoms with Gasteiger partial charge in [-0.15, -0.1) is 11.3 Å². The molecule has 1 saturated heterocycles. The number of hydrogen-bond donors (Lipinski definition) is 0. The van der Waals surface area contributed by atoms with E-state index in [1.807, 2.05) is 28.5 Å². The molecular weight excluding hydrogens is 418 g/mol. The summed E-state index contributed by atoms with van der Waals surface area (Å²) >= 11 is 1.56. The van der Waals surface area contributed by atoms with Gasteiger partial charge in [-0.3, -0.25) is 19.8 Å². The van der Waals surface area contributed by atoms with Crippen molar-refractivity contribution < 1.29 is 14.2 Å². The largest absolute Gasteiger partial charge is 0.340 e. The third kappa shape index (κ3) is 5.53. The third-order valence-corrected chi connectivity index (χ3v) is 6.11. The van der Waals surface area contributed by atoms with E-state index in [-0.39, 0.29) is 16.5 Å². The molecule has 0 N–H and O–H groups in total. The number of aromatic nitrogens is 2. The Hall–Kier alpha value is -3.11. The second kappa shape index (κ2) is 9.80. The number of benzene rings is 1. The Morgan fingerprint density at radius 1 is 1.19 bits per heavy atom. The predicted octanol–water partition coefficient (Wildman–Crippen LogP) is 3.37. The average Bonchev–Trinajstić information content (AvgIpc) is 3.46. The highest BCUT2D eigenvalue weighted by Crippen LogP contribution is 2.22. The first kappa shape index (κ1) is 21.1. The van der Waals surface area contributed by atoms with Crippen LogP contribution in [0.25, 0.3) is 10.7 Å². The van der Waals surface area contributed by atoms with Crippen LogP contribution in [0.15, 0.2) is 46.3 Å². The maximum atomic E-state index is 12.5. The van der Waals surface area contributed by atoms with Crippen LogP contribution in [0.3, 0.4) is 0 Å². The van der Waals surface area contributed by atoms with Crippen molar-refractivity contribution in [2.75, 3.05) is 26.2 Å². The van der Waals surface area contributed by atoms with Crippen molar-refractivity contribution in [1.82, 2.24) is 19.9 Å². The summed E-state index contributed by atoms with van der Waals surface area (Å²) in [4.78, 5) is 32.5. The van der Waals surface area contributed by atoms with Crippen molar-refractivity contribution in [3.63, 3.8) is 0 Å². The summed E-state index contributed by atoms with van der Waals surface area (Å²) in [6, 6.07) is 10.6. The second-order valence-corrected chi connectivity index (χ2v) is 8.37. The molecule has 0 radical (unpaired) electrons. The Bertz CT molecular complexity index is 1030. The van der Waals surface area contributed by atoms with Gasteiger partial charge in [-0.05, 0) is 23.4 Å². The average molecular weight is 442 g/mol. The number of amides is 1. The highest BCUT2D eigenvalue weighted by Gasteiger charge is 2.21. The van der Waals surface area contributed by atoms with Gasteiger partial charge in [-0.2, -0.15) is 4.98 Å². The van der Waals surface area contributed by atoms with E-state index in [1.54, 1.807) is 23.5 Å². The Morgan fingerprint density at radius 2 is 2.03 bits per heavy atom. The van der Waals surface area contributed by atoms with E-state index in [2.05, 4.69) is 15.0 Å². The minimum Gasteiger partial charge on any atom is -0.340 e. The number of nitrogens with zero attached hydrogens (tertiary/aromatic N) is 5. The van der Waals surface area contributed by atoms with Gasteiger partial charge in [0.2, 0.25) is 17.6 Å². The lowest BCUT2D eigenvalue weighted by molar-refractivity contribution is -0.384. The van der Waals surface area contributed by atoms with Crippen LogP contribution in [0.5, 0.6) is 0 Å². The molecule has 0 unspecified atom stereocenters. The molecule has 2 aromatic heterocycles. The fourth-order valence-electron chi connectivity index (χ4n) is 3.59. The molecule has 0 aliphatic carbocycles. The van der Waals surface area contributed by atoms with Gasteiger partial charge in [0.25, 0.3) is 5.69 Å². The Kier molecular flexibility index (Phi) is 6.68. The zero-order valence-electron chi connectivity index (χ0n) is 17.0. The second-order valence-electron chi connectivity index (χ2n) is 7.43. The van der Waals surface area contributed by atoms with Crippen LogP contribution < -0.4 is 0 Å². The molecule has 162 valence electrons. The molecule has 1 fully saturated rings. The van der Waals surface area contributed by atoms with Crippen LogP contribution in [-0.4, -0.2) is 56.9 Å². The molecule has 1 amide bonds. The van der Waals surface area contributed by atoms with E-state index < -0.39 is 0 Å². The monoisotopic (exact) mass is 441 g/mol. The standard InChI is InChI=1S/C21H23N5O4S/c27-20(8-2-7-19-22-21(23-30-19)18-6-3-13-31-18)25-11-9-24(10-12-25)15-16-4-1-5-17(14-16)26(28)29/h1,3-6,13-14H,2,7-12,15H2. The van der Waals surface area contributed by atoms with Crippen LogP contribution >= 0.6 is 11.3 Å². The summed E-state index contributed by atoms with van der Waals surface area (Å²) in [5.74, 6) is 1.28. The van der Waals surface area contributed by atoms with E-state index >= 15 is 0 Å². The summed E-state index contributed by atoms with van der Waals surface area (Å²) in [5.41, 5.74) is 1.02. The molecule has 0 saturated carbocycles. The van der Waals surface area contributed by atoms with Crippen molar-refractivity contribution in [1.29, 1.82) is 0 Å². The van der Waals surface area contributed by atoms with Gasteiger partial charge in [0.1, 0.15) is 0 Å². The summed E-state index contributed by atoms with van der Waals surface area (Å²) in [7, 11) is 0. The van der Waals surface area contributed by atoms with E-state index in [0.717, 1.165) is 23.5 Å². The van der Waals surface area contributed by atoms with E-state index in [9.17, 15) is 14.9 Å². The van der Waals surface area contributed by atoms with Gasteiger partial charge < -0.3 is 9.42 Å². The summed E-state index contributed by atoms with van der Waals surface area (Å²) in [6.45, 7) is 3.48. The summed E-state index contributed by atoms with van der Waals surface area (Å²) in [5, 5.41) is 16.9. The minimum atomic E-state index is -0.378. The molecule has 1 aromatic carbocycles. The van der Waals surface area contributed by atoms with Gasteiger partial charge in [0.05, 0.1) is 9.80 Å². The number of hydrogen-bond acceptors (Lipinski definition) is 8. The molecule has 3 aromatic rings. The van der Waals surface area contributed by atoms with Gasteiger partial charge in [-0.1, -0.05) is 23.4 Å². The highest BCUT2D eigenvalue weighted by atomic mass is 32.1. The van der Waals surface area contributed by atoms with Crippen LogP contribution in [0, 0.1) is 10.1 Å². The quantitative estimate of drug-likeness (QED) is 0.390. The maximum Gasteiger partial charge on any atom is 0.269 e. The number of non-ortho nitro benzene ring substituents is 1. The predicted molar refractivity (Wildman–Crippen MR) is 116 cm³/mol. The molecule has 0 bridgehead atoms. The van der Waals surface area contributed by atoms with Crippen molar-refractivity contribution in [3.05, 3.63) is 63.3 Å². The number of piperazine rings is 1. The molecule has 10 heteroatoms. The van der Waals surface area contributed by atoms with Crippen LogP contribution in [-0.2, 0) is 17.8 Å².